The predicted octanol–water partition coefficient (Wildman–Crippen LogP) is 1.82. The standard InChI is InChI=1S/C9H17NO2/c1-9(2,3)5-7(6-10-4)8(11)12/h6-7H,5H2,1-4H3,(H,11,12). The summed E-state index contributed by atoms with van der Waals surface area (Å²) in [5, 5.41) is 8.78. The molecule has 0 aromatic heterocycles. The van der Waals surface area contributed by atoms with Gasteiger partial charge in [-0.3, -0.25) is 9.79 Å². The van der Waals surface area contributed by atoms with Crippen LogP contribution < -0.4 is 0 Å². The van der Waals surface area contributed by atoms with Crippen LogP contribution in [0.4, 0.5) is 0 Å². The van der Waals surface area contributed by atoms with E-state index in [0.717, 1.165) is 0 Å². The van der Waals surface area contributed by atoms with E-state index in [9.17, 15) is 4.79 Å². The third-order valence-electron chi connectivity index (χ3n) is 1.48. The third-order valence-corrected chi connectivity index (χ3v) is 1.48. The molecule has 1 atom stereocenters. The smallest absolute Gasteiger partial charge is 0.311 e. The predicted molar refractivity (Wildman–Crippen MR) is 49.6 cm³/mol. The van der Waals surface area contributed by atoms with Gasteiger partial charge in [-0.2, -0.15) is 0 Å². The van der Waals surface area contributed by atoms with Crippen LogP contribution in [0.2, 0.25) is 0 Å². The minimum atomic E-state index is -0.796. The molecule has 0 saturated carbocycles. The van der Waals surface area contributed by atoms with Crippen molar-refractivity contribution in [3.8, 4) is 0 Å². The highest BCUT2D eigenvalue weighted by Crippen LogP contribution is 2.23. The normalized spacial score (nSPS) is 15.0. The van der Waals surface area contributed by atoms with Gasteiger partial charge in [0.15, 0.2) is 0 Å². The van der Waals surface area contributed by atoms with Gasteiger partial charge in [0.25, 0.3) is 0 Å². The summed E-state index contributed by atoms with van der Waals surface area (Å²) in [6.07, 6.45) is 2.12. The first-order chi connectivity index (χ1) is 5.37. The molecule has 0 fully saturated rings. The Bertz CT molecular complexity index is 179. The molecule has 0 bridgehead atoms. The summed E-state index contributed by atoms with van der Waals surface area (Å²) in [5.74, 6) is -1.24. The Morgan fingerprint density at radius 1 is 1.58 bits per heavy atom. The number of rotatable bonds is 3. The average molecular weight is 171 g/mol. The van der Waals surface area contributed by atoms with Crippen molar-refractivity contribution in [3.05, 3.63) is 0 Å². The molecule has 0 rings (SSSR count). The lowest BCUT2D eigenvalue weighted by Crippen LogP contribution is -2.21. The fraction of sp³-hybridized carbons (Fsp3) is 0.778. The molecular weight excluding hydrogens is 154 g/mol. The maximum absolute atomic E-state index is 10.7. The Kier molecular flexibility index (Phi) is 3.93. The van der Waals surface area contributed by atoms with Gasteiger partial charge in [0.2, 0.25) is 0 Å². The highest BCUT2D eigenvalue weighted by atomic mass is 16.4. The van der Waals surface area contributed by atoms with Crippen LogP contribution in [0.3, 0.4) is 0 Å². The summed E-state index contributed by atoms with van der Waals surface area (Å²) in [4.78, 5) is 14.4. The van der Waals surface area contributed by atoms with Gasteiger partial charge < -0.3 is 5.11 Å². The largest absolute Gasteiger partial charge is 0.481 e. The first kappa shape index (κ1) is 11.1. The van der Waals surface area contributed by atoms with Crippen LogP contribution in [0.1, 0.15) is 27.2 Å². The van der Waals surface area contributed by atoms with Gasteiger partial charge in [-0.05, 0) is 11.8 Å². The molecule has 3 heteroatoms. The monoisotopic (exact) mass is 171 g/mol. The zero-order valence-corrected chi connectivity index (χ0v) is 8.16. The van der Waals surface area contributed by atoms with Crippen LogP contribution in [-0.4, -0.2) is 24.3 Å². The lowest BCUT2D eigenvalue weighted by Gasteiger charge is -2.20. The van der Waals surface area contributed by atoms with E-state index >= 15 is 0 Å². The van der Waals surface area contributed by atoms with Gasteiger partial charge in [-0.15, -0.1) is 0 Å². The fourth-order valence-corrected chi connectivity index (χ4v) is 1.04. The number of carbonyl (C=O) groups is 1. The maximum atomic E-state index is 10.7. The Labute approximate surface area is 73.5 Å². The molecule has 0 spiro atoms. The van der Waals surface area contributed by atoms with E-state index in [4.69, 9.17) is 5.11 Å². The van der Waals surface area contributed by atoms with Crippen LogP contribution in [0.5, 0.6) is 0 Å². The summed E-state index contributed by atoms with van der Waals surface area (Å²) in [5.41, 5.74) is 0.0320. The van der Waals surface area contributed by atoms with E-state index in [1.54, 1.807) is 7.05 Å². The third kappa shape index (κ3) is 4.88. The van der Waals surface area contributed by atoms with Crippen molar-refractivity contribution in [3.63, 3.8) is 0 Å². The molecule has 0 aromatic rings. The summed E-state index contributed by atoms with van der Waals surface area (Å²) in [7, 11) is 1.60. The molecule has 12 heavy (non-hydrogen) atoms. The molecule has 0 aliphatic heterocycles. The van der Waals surface area contributed by atoms with Crippen molar-refractivity contribution in [1.29, 1.82) is 0 Å². The first-order valence-electron chi connectivity index (χ1n) is 4.02. The van der Waals surface area contributed by atoms with Gasteiger partial charge in [-0.25, -0.2) is 0 Å². The second-order valence-electron chi connectivity index (χ2n) is 4.12. The average Bonchev–Trinajstić information content (AvgIpc) is 1.83. The molecule has 1 N–H and O–H groups in total. The molecule has 1 unspecified atom stereocenters. The van der Waals surface area contributed by atoms with E-state index in [1.807, 2.05) is 20.8 Å². The Balaban J connectivity index is 4.24. The molecular formula is C9H17NO2. The van der Waals surface area contributed by atoms with Crippen molar-refractivity contribution in [2.75, 3.05) is 7.05 Å². The topological polar surface area (TPSA) is 49.7 Å². The van der Waals surface area contributed by atoms with E-state index in [-0.39, 0.29) is 5.41 Å². The molecule has 0 amide bonds. The minimum absolute atomic E-state index is 0.0320. The summed E-state index contributed by atoms with van der Waals surface area (Å²) in [6, 6.07) is 0. The number of carboxylic acid groups (broad SMARTS) is 1. The van der Waals surface area contributed by atoms with Gasteiger partial charge >= 0.3 is 5.97 Å². The van der Waals surface area contributed by atoms with E-state index < -0.39 is 11.9 Å². The second kappa shape index (κ2) is 4.24. The Morgan fingerprint density at radius 2 is 2.08 bits per heavy atom. The Morgan fingerprint density at radius 3 is 2.33 bits per heavy atom. The van der Waals surface area contributed by atoms with Crippen LogP contribution >= 0.6 is 0 Å². The number of nitrogens with zero attached hydrogens (tertiary/aromatic N) is 1. The fourth-order valence-electron chi connectivity index (χ4n) is 1.04. The SMILES string of the molecule is CN=CC(CC(C)(C)C)C(=O)O. The molecule has 3 nitrogen and oxygen atoms in total. The molecule has 0 aliphatic rings. The quantitative estimate of drug-likeness (QED) is 0.658. The van der Waals surface area contributed by atoms with E-state index in [0.29, 0.717) is 6.42 Å². The highest BCUT2D eigenvalue weighted by molar-refractivity contribution is 5.88. The number of aliphatic imine (C=N–C) groups is 1. The van der Waals surface area contributed by atoms with Crippen LogP contribution in [0.15, 0.2) is 4.99 Å². The van der Waals surface area contributed by atoms with Crippen molar-refractivity contribution < 1.29 is 9.90 Å². The maximum Gasteiger partial charge on any atom is 0.311 e. The lowest BCUT2D eigenvalue weighted by atomic mass is 9.85. The number of aliphatic carboxylic acids is 1. The van der Waals surface area contributed by atoms with E-state index in [1.165, 1.54) is 6.21 Å². The zero-order valence-electron chi connectivity index (χ0n) is 8.16. The second-order valence-corrected chi connectivity index (χ2v) is 4.12. The van der Waals surface area contributed by atoms with Crippen molar-refractivity contribution in [1.82, 2.24) is 0 Å². The van der Waals surface area contributed by atoms with Crippen molar-refractivity contribution in [2.45, 2.75) is 27.2 Å². The minimum Gasteiger partial charge on any atom is -0.481 e. The van der Waals surface area contributed by atoms with Crippen LogP contribution in [0.25, 0.3) is 0 Å². The van der Waals surface area contributed by atoms with Crippen molar-refractivity contribution in [2.24, 2.45) is 16.3 Å². The summed E-state index contributed by atoms with van der Waals surface area (Å²) < 4.78 is 0. The van der Waals surface area contributed by atoms with Gasteiger partial charge in [0.05, 0.1) is 5.92 Å². The molecule has 0 saturated heterocycles. The van der Waals surface area contributed by atoms with Crippen LogP contribution in [-0.2, 0) is 4.79 Å². The summed E-state index contributed by atoms with van der Waals surface area (Å²) >= 11 is 0. The van der Waals surface area contributed by atoms with Gasteiger partial charge in [0, 0.05) is 13.3 Å². The van der Waals surface area contributed by atoms with E-state index in [2.05, 4.69) is 4.99 Å². The number of hydrogen-bond acceptors (Lipinski definition) is 2. The van der Waals surface area contributed by atoms with Gasteiger partial charge in [0.1, 0.15) is 0 Å². The van der Waals surface area contributed by atoms with Gasteiger partial charge in [-0.1, -0.05) is 20.8 Å². The molecule has 0 aromatic carbocycles. The number of carboxylic acids is 1. The molecule has 70 valence electrons. The van der Waals surface area contributed by atoms with Crippen molar-refractivity contribution >= 4 is 12.2 Å². The first-order valence-corrected chi connectivity index (χ1v) is 4.02. The molecule has 0 radical (unpaired) electrons. The zero-order chi connectivity index (χ0) is 9.78. The lowest BCUT2D eigenvalue weighted by molar-refractivity contribution is -0.140. The summed E-state index contributed by atoms with van der Waals surface area (Å²) in [6.45, 7) is 6.06. The molecule has 0 aliphatic carbocycles. The number of hydrogen-bond donors (Lipinski definition) is 1. The Hall–Kier alpha value is -0.860. The molecule has 0 heterocycles. The van der Waals surface area contributed by atoms with Crippen LogP contribution in [0, 0.1) is 11.3 Å². The highest BCUT2D eigenvalue weighted by Gasteiger charge is 2.22.